The van der Waals surface area contributed by atoms with Gasteiger partial charge in [0.05, 0.1) is 0 Å². The maximum atomic E-state index is 9.73. The lowest BCUT2D eigenvalue weighted by atomic mass is 9.77. The van der Waals surface area contributed by atoms with Crippen LogP contribution < -0.4 is 5.73 Å². The summed E-state index contributed by atoms with van der Waals surface area (Å²) in [4.78, 5) is 0. The zero-order valence-electron chi connectivity index (χ0n) is 15.1. The zero-order valence-corrected chi connectivity index (χ0v) is 16.6. The highest BCUT2D eigenvalue weighted by molar-refractivity contribution is 6.31. The molecule has 140 valence electrons. The van der Waals surface area contributed by atoms with Gasteiger partial charge in [-0.3, -0.25) is 0 Å². The van der Waals surface area contributed by atoms with Crippen molar-refractivity contribution in [3.63, 3.8) is 0 Å². The lowest BCUT2D eigenvalue weighted by Gasteiger charge is -2.33. The number of hydrogen-bond donors (Lipinski definition) is 1. The lowest BCUT2D eigenvalue weighted by molar-refractivity contribution is 0.277. The summed E-state index contributed by atoms with van der Waals surface area (Å²) >= 11 is 12.3. The van der Waals surface area contributed by atoms with E-state index in [1.165, 1.54) is 0 Å². The van der Waals surface area contributed by atoms with Gasteiger partial charge in [0.2, 0.25) is 5.88 Å². The number of nitriles is 1. The molecule has 5 heteroatoms. The Kier molecular flexibility index (Phi) is 5.17. The number of hydrogen-bond acceptors (Lipinski definition) is 3. The second-order valence-electron chi connectivity index (χ2n) is 6.91. The fourth-order valence-electron chi connectivity index (χ4n) is 3.90. The van der Waals surface area contributed by atoms with Crippen molar-refractivity contribution in [2.75, 3.05) is 0 Å². The molecule has 4 rings (SSSR count). The molecule has 1 unspecified atom stereocenters. The number of ether oxygens (including phenoxy) is 1. The molecule has 1 heterocycles. The molecule has 2 aromatic rings. The molecule has 3 nitrogen and oxygen atoms in total. The maximum absolute atomic E-state index is 9.73. The van der Waals surface area contributed by atoms with E-state index in [0.29, 0.717) is 15.6 Å². The van der Waals surface area contributed by atoms with Crippen LogP contribution in [0, 0.1) is 11.3 Å². The third-order valence-electron chi connectivity index (χ3n) is 5.08. The quantitative estimate of drug-likeness (QED) is 0.631. The molecule has 2 N–H and O–H groups in total. The summed E-state index contributed by atoms with van der Waals surface area (Å²) in [5, 5.41) is 11.1. The van der Waals surface area contributed by atoms with E-state index in [1.807, 2.05) is 48.5 Å². The lowest BCUT2D eigenvalue weighted by Crippen LogP contribution is -2.23. The van der Waals surface area contributed by atoms with Crippen molar-refractivity contribution in [1.29, 1.82) is 5.26 Å². The Morgan fingerprint density at radius 3 is 2.54 bits per heavy atom. The number of allylic oxidation sites excluding steroid dienone is 3. The number of halogens is 2. The standard InChI is InChI=1S/C23H18Cl2N2O/c24-17-7-1-4-14(11-17)10-16-6-3-9-19-21(15-5-2-8-18(25)12-15)20(13-26)23(27)28-22(16)19/h1-2,4-5,7-8,10-12,21H,3,6,9,27H2/b16-10+. The van der Waals surface area contributed by atoms with Crippen LogP contribution in [0.25, 0.3) is 6.08 Å². The Labute approximate surface area is 174 Å². The van der Waals surface area contributed by atoms with E-state index >= 15 is 0 Å². The Bertz CT molecular complexity index is 1080. The van der Waals surface area contributed by atoms with E-state index in [2.05, 4.69) is 12.1 Å². The summed E-state index contributed by atoms with van der Waals surface area (Å²) < 4.78 is 5.97. The first kappa shape index (κ1) is 18.7. The minimum atomic E-state index is -0.240. The van der Waals surface area contributed by atoms with Crippen molar-refractivity contribution in [3.05, 3.63) is 98.1 Å². The molecule has 0 saturated heterocycles. The van der Waals surface area contributed by atoms with Crippen molar-refractivity contribution < 1.29 is 4.74 Å². The highest BCUT2D eigenvalue weighted by Gasteiger charge is 2.35. The average molecular weight is 409 g/mol. The predicted octanol–water partition coefficient (Wildman–Crippen LogP) is 6.32. The molecule has 1 aliphatic heterocycles. The van der Waals surface area contributed by atoms with E-state index < -0.39 is 0 Å². The molecular weight excluding hydrogens is 391 g/mol. The number of nitrogens with two attached hydrogens (primary N) is 1. The third kappa shape index (κ3) is 3.54. The average Bonchev–Trinajstić information content (AvgIpc) is 2.67. The smallest absolute Gasteiger partial charge is 0.205 e. The first-order valence-electron chi connectivity index (χ1n) is 9.09. The molecule has 1 aliphatic carbocycles. The Balaban J connectivity index is 1.85. The molecule has 0 spiro atoms. The van der Waals surface area contributed by atoms with Crippen molar-refractivity contribution in [2.24, 2.45) is 5.73 Å². The van der Waals surface area contributed by atoms with Gasteiger partial charge >= 0.3 is 0 Å². The van der Waals surface area contributed by atoms with E-state index in [-0.39, 0.29) is 11.8 Å². The molecule has 0 saturated carbocycles. The minimum absolute atomic E-state index is 0.158. The van der Waals surface area contributed by atoms with Gasteiger partial charge < -0.3 is 10.5 Å². The first-order valence-corrected chi connectivity index (χ1v) is 9.85. The molecule has 0 radical (unpaired) electrons. The maximum Gasteiger partial charge on any atom is 0.205 e. The van der Waals surface area contributed by atoms with Gasteiger partial charge in [0.1, 0.15) is 17.4 Å². The normalized spacial score (nSPS) is 20.6. The van der Waals surface area contributed by atoms with Crippen LogP contribution in [0.3, 0.4) is 0 Å². The van der Waals surface area contributed by atoms with Gasteiger partial charge in [0.15, 0.2) is 0 Å². The van der Waals surface area contributed by atoms with Gasteiger partial charge in [-0.15, -0.1) is 0 Å². The van der Waals surface area contributed by atoms with E-state index in [9.17, 15) is 5.26 Å². The molecular formula is C23H18Cl2N2O. The molecule has 0 bridgehead atoms. The van der Waals surface area contributed by atoms with Crippen molar-refractivity contribution in [1.82, 2.24) is 0 Å². The van der Waals surface area contributed by atoms with E-state index in [0.717, 1.165) is 47.3 Å². The minimum Gasteiger partial charge on any atom is -0.440 e. The highest BCUT2D eigenvalue weighted by Crippen LogP contribution is 2.47. The Morgan fingerprint density at radius 1 is 1.07 bits per heavy atom. The summed E-state index contributed by atoms with van der Waals surface area (Å²) in [6.07, 6.45) is 4.78. The monoisotopic (exact) mass is 408 g/mol. The molecule has 0 aromatic heterocycles. The molecule has 2 aliphatic rings. The Hall–Kier alpha value is -2.67. The van der Waals surface area contributed by atoms with Crippen LogP contribution in [0.1, 0.15) is 36.3 Å². The zero-order chi connectivity index (χ0) is 19.7. The molecule has 28 heavy (non-hydrogen) atoms. The third-order valence-corrected chi connectivity index (χ3v) is 5.55. The van der Waals surface area contributed by atoms with Crippen molar-refractivity contribution >= 4 is 29.3 Å². The van der Waals surface area contributed by atoms with Crippen LogP contribution in [0.15, 0.2) is 76.9 Å². The second-order valence-corrected chi connectivity index (χ2v) is 7.79. The molecule has 1 atom stereocenters. The topological polar surface area (TPSA) is 59.0 Å². The van der Waals surface area contributed by atoms with Crippen molar-refractivity contribution in [3.8, 4) is 6.07 Å². The number of rotatable bonds is 2. The predicted molar refractivity (Wildman–Crippen MR) is 112 cm³/mol. The highest BCUT2D eigenvalue weighted by atomic mass is 35.5. The molecule has 0 fully saturated rings. The van der Waals surface area contributed by atoms with Crippen LogP contribution in [-0.4, -0.2) is 0 Å². The summed E-state index contributed by atoms with van der Waals surface area (Å²) in [5.74, 6) is 0.688. The summed E-state index contributed by atoms with van der Waals surface area (Å²) in [7, 11) is 0. The number of benzene rings is 2. The van der Waals surface area contributed by atoms with Crippen molar-refractivity contribution in [2.45, 2.75) is 25.2 Å². The fraction of sp³-hybridized carbons (Fsp3) is 0.174. The van der Waals surface area contributed by atoms with Crippen LogP contribution in [-0.2, 0) is 4.74 Å². The fourth-order valence-corrected chi connectivity index (χ4v) is 4.30. The van der Waals surface area contributed by atoms with Crippen LogP contribution in [0.2, 0.25) is 10.0 Å². The van der Waals surface area contributed by atoms with Gasteiger partial charge in [0.25, 0.3) is 0 Å². The van der Waals surface area contributed by atoms with Crippen LogP contribution in [0.5, 0.6) is 0 Å². The van der Waals surface area contributed by atoms with Gasteiger partial charge in [-0.1, -0.05) is 47.5 Å². The van der Waals surface area contributed by atoms with Crippen LogP contribution >= 0.6 is 23.2 Å². The molecule has 2 aromatic carbocycles. The molecule has 0 amide bonds. The first-order chi connectivity index (χ1) is 13.6. The summed E-state index contributed by atoms with van der Waals surface area (Å²) in [6.45, 7) is 0. The summed E-state index contributed by atoms with van der Waals surface area (Å²) in [5.41, 5.74) is 10.7. The van der Waals surface area contributed by atoms with E-state index in [1.54, 1.807) is 0 Å². The van der Waals surface area contributed by atoms with E-state index in [4.69, 9.17) is 33.7 Å². The SMILES string of the molecule is N#CC1=C(N)OC2=C(CCC/C2=C\c2cccc(Cl)c2)C1c1cccc(Cl)c1. The largest absolute Gasteiger partial charge is 0.440 e. The second kappa shape index (κ2) is 7.75. The van der Waals surface area contributed by atoms with Gasteiger partial charge in [-0.2, -0.15) is 5.26 Å². The van der Waals surface area contributed by atoms with Crippen LogP contribution in [0.4, 0.5) is 0 Å². The van der Waals surface area contributed by atoms with Gasteiger partial charge in [-0.05, 0) is 71.9 Å². The number of nitrogens with zero attached hydrogens (tertiary/aromatic N) is 1. The Morgan fingerprint density at radius 2 is 1.82 bits per heavy atom. The van der Waals surface area contributed by atoms with Gasteiger partial charge in [-0.25, -0.2) is 0 Å². The summed E-state index contributed by atoms with van der Waals surface area (Å²) in [6, 6.07) is 17.5. The van der Waals surface area contributed by atoms with Gasteiger partial charge in [0, 0.05) is 16.0 Å².